The molecule has 0 atom stereocenters. The van der Waals surface area contributed by atoms with Crippen LogP contribution in [0.3, 0.4) is 0 Å². The predicted octanol–water partition coefficient (Wildman–Crippen LogP) is 4.96. The standard InChI is InChI=1S/C19H19ClO/c20-17-11-5-4-8-15(17)14-18(21)19(12-6-7-13-19)16-9-2-1-3-10-16/h1-5,8-11H,6-7,12-14H2. The van der Waals surface area contributed by atoms with Gasteiger partial charge >= 0.3 is 0 Å². The molecule has 1 aliphatic rings. The van der Waals surface area contributed by atoms with Gasteiger partial charge in [0.2, 0.25) is 0 Å². The summed E-state index contributed by atoms with van der Waals surface area (Å²) < 4.78 is 0. The number of benzene rings is 2. The molecule has 0 unspecified atom stereocenters. The Morgan fingerprint density at radius 2 is 1.57 bits per heavy atom. The Morgan fingerprint density at radius 1 is 0.952 bits per heavy atom. The lowest BCUT2D eigenvalue weighted by molar-refractivity contribution is -0.123. The van der Waals surface area contributed by atoms with Gasteiger partial charge in [0.25, 0.3) is 0 Å². The molecular weight excluding hydrogens is 280 g/mol. The van der Waals surface area contributed by atoms with Crippen LogP contribution in [0.25, 0.3) is 0 Å². The van der Waals surface area contributed by atoms with Crippen molar-refractivity contribution in [2.75, 3.05) is 0 Å². The van der Waals surface area contributed by atoms with Crippen LogP contribution in [0.5, 0.6) is 0 Å². The smallest absolute Gasteiger partial charge is 0.147 e. The topological polar surface area (TPSA) is 17.1 Å². The molecule has 108 valence electrons. The molecule has 3 rings (SSSR count). The van der Waals surface area contributed by atoms with E-state index >= 15 is 0 Å². The quantitative estimate of drug-likeness (QED) is 0.779. The summed E-state index contributed by atoms with van der Waals surface area (Å²) in [5.74, 6) is 0.305. The molecular formula is C19H19ClO. The second-order valence-corrected chi connectivity index (χ2v) is 6.25. The molecule has 1 nitrogen and oxygen atoms in total. The van der Waals surface area contributed by atoms with Crippen molar-refractivity contribution >= 4 is 17.4 Å². The fourth-order valence-electron chi connectivity index (χ4n) is 3.45. The van der Waals surface area contributed by atoms with Crippen LogP contribution in [0, 0.1) is 0 Å². The minimum atomic E-state index is -0.305. The van der Waals surface area contributed by atoms with E-state index in [1.165, 1.54) is 5.56 Å². The van der Waals surface area contributed by atoms with Gasteiger partial charge in [0, 0.05) is 11.4 Å². The molecule has 0 heterocycles. The number of rotatable bonds is 4. The minimum Gasteiger partial charge on any atom is -0.298 e. The van der Waals surface area contributed by atoms with Crippen molar-refractivity contribution in [3.05, 3.63) is 70.7 Å². The van der Waals surface area contributed by atoms with Gasteiger partial charge in [-0.05, 0) is 30.0 Å². The zero-order valence-corrected chi connectivity index (χ0v) is 12.8. The minimum absolute atomic E-state index is 0.305. The lowest BCUT2D eigenvalue weighted by atomic mass is 9.73. The van der Waals surface area contributed by atoms with Crippen molar-refractivity contribution < 1.29 is 4.79 Å². The van der Waals surface area contributed by atoms with Gasteiger partial charge in [-0.15, -0.1) is 0 Å². The van der Waals surface area contributed by atoms with E-state index in [1.54, 1.807) is 0 Å². The number of carbonyl (C=O) groups is 1. The van der Waals surface area contributed by atoms with Crippen molar-refractivity contribution in [1.82, 2.24) is 0 Å². The molecule has 0 aromatic heterocycles. The summed E-state index contributed by atoms with van der Waals surface area (Å²) in [4.78, 5) is 13.0. The van der Waals surface area contributed by atoms with Gasteiger partial charge < -0.3 is 0 Å². The lowest BCUT2D eigenvalue weighted by Gasteiger charge is -2.28. The van der Waals surface area contributed by atoms with Gasteiger partial charge in [0.1, 0.15) is 5.78 Å². The van der Waals surface area contributed by atoms with E-state index in [-0.39, 0.29) is 5.41 Å². The SMILES string of the molecule is O=C(Cc1ccccc1Cl)C1(c2ccccc2)CCCC1. The fourth-order valence-corrected chi connectivity index (χ4v) is 3.65. The summed E-state index contributed by atoms with van der Waals surface area (Å²) >= 11 is 6.21. The van der Waals surface area contributed by atoms with Gasteiger partial charge in [-0.25, -0.2) is 0 Å². The largest absolute Gasteiger partial charge is 0.298 e. The molecule has 2 heteroatoms. The van der Waals surface area contributed by atoms with Gasteiger partial charge in [-0.2, -0.15) is 0 Å². The predicted molar refractivity (Wildman–Crippen MR) is 86.8 cm³/mol. The zero-order valence-electron chi connectivity index (χ0n) is 12.0. The number of carbonyl (C=O) groups excluding carboxylic acids is 1. The van der Waals surface area contributed by atoms with Gasteiger partial charge in [-0.3, -0.25) is 4.79 Å². The number of halogens is 1. The van der Waals surface area contributed by atoms with E-state index in [1.807, 2.05) is 42.5 Å². The summed E-state index contributed by atoms with van der Waals surface area (Å²) in [6.07, 6.45) is 4.60. The Bertz CT molecular complexity index is 627. The Labute approximate surface area is 131 Å². The first-order valence-electron chi connectivity index (χ1n) is 7.55. The van der Waals surface area contributed by atoms with Crippen molar-refractivity contribution in [2.45, 2.75) is 37.5 Å². The Balaban J connectivity index is 1.92. The van der Waals surface area contributed by atoms with Crippen LogP contribution in [0.2, 0.25) is 5.02 Å². The maximum Gasteiger partial charge on any atom is 0.147 e. The van der Waals surface area contributed by atoms with Crippen LogP contribution in [0.4, 0.5) is 0 Å². The molecule has 0 amide bonds. The third kappa shape index (κ3) is 2.75. The first kappa shape index (κ1) is 14.3. The number of ketones is 1. The average Bonchev–Trinajstić information content (AvgIpc) is 3.01. The Morgan fingerprint density at radius 3 is 2.24 bits per heavy atom. The van der Waals surface area contributed by atoms with Crippen molar-refractivity contribution in [3.8, 4) is 0 Å². The fraction of sp³-hybridized carbons (Fsp3) is 0.316. The molecule has 0 aliphatic heterocycles. The molecule has 1 fully saturated rings. The normalized spacial score (nSPS) is 16.8. The van der Waals surface area contributed by atoms with E-state index in [0.29, 0.717) is 17.2 Å². The highest BCUT2D eigenvalue weighted by atomic mass is 35.5. The van der Waals surface area contributed by atoms with Crippen LogP contribution in [0.1, 0.15) is 36.8 Å². The third-order valence-electron chi connectivity index (χ3n) is 4.63. The monoisotopic (exact) mass is 298 g/mol. The van der Waals surface area contributed by atoms with E-state index in [0.717, 1.165) is 31.2 Å². The highest BCUT2D eigenvalue weighted by Crippen LogP contribution is 2.42. The second kappa shape index (κ2) is 6.03. The van der Waals surface area contributed by atoms with Gasteiger partial charge in [0.15, 0.2) is 0 Å². The summed E-state index contributed by atoms with van der Waals surface area (Å²) in [6.45, 7) is 0. The molecule has 2 aromatic carbocycles. The lowest BCUT2D eigenvalue weighted by Crippen LogP contribution is -2.34. The molecule has 1 saturated carbocycles. The van der Waals surface area contributed by atoms with Crippen LogP contribution in [-0.2, 0) is 16.6 Å². The Hall–Kier alpha value is -1.60. The summed E-state index contributed by atoms with van der Waals surface area (Å²) in [6, 6.07) is 17.9. The van der Waals surface area contributed by atoms with E-state index < -0.39 is 0 Å². The van der Waals surface area contributed by atoms with Crippen LogP contribution in [-0.4, -0.2) is 5.78 Å². The van der Waals surface area contributed by atoms with Crippen molar-refractivity contribution in [3.63, 3.8) is 0 Å². The first-order valence-corrected chi connectivity index (χ1v) is 7.92. The van der Waals surface area contributed by atoms with Gasteiger partial charge in [0.05, 0.1) is 5.41 Å². The zero-order chi connectivity index (χ0) is 14.7. The van der Waals surface area contributed by atoms with Crippen LogP contribution >= 0.6 is 11.6 Å². The van der Waals surface area contributed by atoms with Crippen molar-refractivity contribution in [1.29, 1.82) is 0 Å². The van der Waals surface area contributed by atoms with Gasteiger partial charge in [-0.1, -0.05) is 73.0 Å². The molecule has 0 bridgehead atoms. The maximum atomic E-state index is 13.0. The highest BCUT2D eigenvalue weighted by molar-refractivity contribution is 6.31. The van der Waals surface area contributed by atoms with Crippen LogP contribution in [0.15, 0.2) is 54.6 Å². The summed E-state index contributed by atoms with van der Waals surface area (Å²) in [7, 11) is 0. The molecule has 0 spiro atoms. The molecule has 21 heavy (non-hydrogen) atoms. The van der Waals surface area contributed by atoms with E-state index in [4.69, 9.17) is 11.6 Å². The molecule has 1 aliphatic carbocycles. The average molecular weight is 299 g/mol. The molecule has 2 aromatic rings. The first-order chi connectivity index (χ1) is 10.2. The number of Topliss-reactive ketones (excluding diaryl/α,β-unsaturated/α-hetero) is 1. The van der Waals surface area contributed by atoms with Crippen molar-refractivity contribution in [2.24, 2.45) is 0 Å². The summed E-state index contributed by atoms with van der Waals surface area (Å²) in [5, 5.41) is 0.687. The Kier molecular flexibility index (Phi) is 4.12. The molecule has 0 N–H and O–H groups in total. The summed E-state index contributed by atoms with van der Waals surface area (Å²) in [5.41, 5.74) is 1.80. The second-order valence-electron chi connectivity index (χ2n) is 5.85. The third-order valence-corrected chi connectivity index (χ3v) is 4.99. The number of hydrogen-bond acceptors (Lipinski definition) is 1. The highest BCUT2D eigenvalue weighted by Gasteiger charge is 2.41. The van der Waals surface area contributed by atoms with Crippen LogP contribution < -0.4 is 0 Å². The molecule has 0 saturated heterocycles. The van der Waals surface area contributed by atoms with E-state index in [2.05, 4.69) is 12.1 Å². The maximum absolute atomic E-state index is 13.0. The number of hydrogen-bond donors (Lipinski definition) is 0. The van der Waals surface area contributed by atoms with E-state index in [9.17, 15) is 4.79 Å². The molecule has 0 radical (unpaired) electrons.